The average molecular weight is 226 g/mol. The van der Waals surface area contributed by atoms with Gasteiger partial charge in [0, 0.05) is 12.7 Å². The number of alkyl halides is 1. The van der Waals surface area contributed by atoms with Gasteiger partial charge in [0.1, 0.15) is 12.0 Å². The minimum atomic E-state index is -1.30. The molecule has 5 nitrogen and oxygen atoms in total. The Kier molecular flexibility index (Phi) is 2.67. The fraction of sp³-hybridized carbons (Fsp3) is 0.600. The third kappa shape index (κ3) is 2.06. The molecule has 16 heavy (non-hydrogen) atoms. The van der Waals surface area contributed by atoms with Gasteiger partial charge in [-0.2, -0.15) is 4.98 Å². The van der Waals surface area contributed by atoms with Gasteiger partial charge in [0.2, 0.25) is 5.95 Å². The molecule has 1 aliphatic heterocycles. The molecule has 0 aliphatic carbocycles. The van der Waals surface area contributed by atoms with Crippen molar-refractivity contribution in [2.24, 2.45) is 0 Å². The fourth-order valence-corrected chi connectivity index (χ4v) is 1.70. The number of piperidine rings is 1. The third-order valence-corrected chi connectivity index (χ3v) is 2.89. The van der Waals surface area contributed by atoms with Crippen LogP contribution in [0.2, 0.25) is 0 Å². The lowest BCUT2D eigenvalue weighted by Gasteiger charge is -2.38. The molecule has 88 valence electrons. The SMILES string of the molecule is C[C@@]1(O)CCN(c2nccc(N)n2)CC1F. The minimum absolute atomic E-state index is 0.0937. The molecule has 1 fully saturated rings. The lowest BCUT2D eigenvalue weighted by Crippen LogP contribution is -2.52. The number of nitrogen functional groups attached to an aromatic ring is 1. The van der Waals surface area contributed by atoms with Crippen LogP contribution in [0.1, 0.15) is 13.3 Å². The molecule has 0 amide bonds. The van der Waals surface area contributed by atoms with Crippen LogP contribution < -0.4 is 10.6 Å². The third-order valence-electron chi connectivity index (χ3n) is 2.89. The number of nitrogens with two attached hydrogens (primary N) is 1. The van der Waals surface area contributed by atoms with E-state index in [0.717, 1.165) is 0 Å². The van der Waals surface area contributed by atoms with Crippen molar-refractivity contribution in [2.45, 2.75) is 25.1 Å². The van der Waals surface area contributed by atoms with E-state index in [4.69, 9.17) is 5.73 Å². The molecule has 0 aromatic carbocycles. The van der Waals surface area contributed by atoms with Crippen LogP contribution in [0.15, 0.2) is 12.3 Å². The Labute approximate surface area is 93.1 Å². The van der Waals surface area contributed by atoms with Gasteiger partial charge in [-0.05, 0) is 19.4 Å². The van der Waals surface area contributed by atoms with E-state index in [1.807, 2.05) is 0 Å². The molecule has 0 bridgehead atoms. The van der Waals surface area contributed by atoms with Gasteiger partial charge < -0.3 is 15.7 Å². The number of nitrogens with zero attached hydrogens (tertiary/aromatic N) is 3. The van der Waals surface area contributed by atoms with Crippen LogP contribution in [-0.4, -0.2) is 39.9 Å². The number of anilines is 2. The molecule has 6 heteroatoms. The molecule has 1 unspecified atom stereocenters. The van der Waals surface area contributed by atoms with Crippen LogP contribution in [0.4, 0.5) is 16.2 Å². The number of hydrogen-bond acceptors (Lipinski definition) is 5. The van der Waals surface area contributed by atoms with E-state index in [-0.39, 0.29) is 6.54 Å². The first-order valence-electron chi connectivity index (χ1n) is 5.19. The van der Waals surface area contributed by atoms with Crippen LogP contribution in [0.25, 0.3) is 0 Å². The highest BCUT2D eigenvalue weighted by Crippen LogP contribution is 2.26. The van der Waals surface area contributed by atoms with Gasteiger partial charge in [-0.15, -0.1) is 0 Å². The Hall–Kier alpha value is -1.43. The van der Waals surface area contributed by atoms with E-state index in [9.17, 15) is 9.50 Å². The van der Waals surface area contributed by atoms with Gasteiger partial charge in [0.05, 0.1) is 12.1 Å². The Morgan fingerprint density at radius 2 is 2.44 bits per heavy atom. The van der Waals surface area contributed by atoms with Crippen molar-refractivity contribution >= 4 is 11.8 Å². The zero-order valence-corrected chi connectivity index (χ0v) is 9.10. The van der Waals surface area contributed by atoms with E-state index >= 15 is 0 Å². The van der Waals surface area contributed by atoms with Crippen LogP contribution in [0, 0.1) is 0 Å². The lowest BCUT2D eigenvalue weighted by molar-refractivity contribution is -0.0332. The minimum Gasteiger partial charge on any atom is -0.387 e. The summed E-state index contributed by atoms with van der Waals surface area (Å²) in [5.74, 6) is 0.774. The van der Waals surface area contributed by atoms with Crippen LogP contribution in [-0.2, 0) is 0 Å². The highest BCUT2D eigenvalue weighted by molar-refractivity contribution is 5.38. The van der Waals surface area contributed by atoms with Crippen molar-refractivity contribution < 1.29 is 9.50 Å². The normalized spacial score (nSPS) is 30.4. The molecule has 0 spiro atoms. The van der Waals surface area contributed by atoms with Crippen LogP contribution >= 0.6 is 0 Å². The van der Waals surface area contributed by atoms with Crippen molar-refractivity contribution in [3.05, 3.63) is 12.3 Å². The van der Waals surface area contributed by atoms with E-state index in [0.29, 0.717) is 24.7 Å². The van der Waals surface area contributed by atoms with Gasteiger partial charge >= 0.3 is 0 Å². The average Bonchev–Trinajstić information content (AvgIpc) is 2.22. The molecule has 1 aliphatic rings. The Bertz CT molecular complexity index is 385. The van der Waals surface area contributed by atoms with Crippen molar-refractivity contribution in [3.8, 4) is 0 Å². The van der Waals surface area contributed by atoms with Crippen molar-refractivity contribution in [2.75, 3.05) is 23.7 Å². The molecule has 2 atom stereocenters. The first-order valence-corrected chi connectivity index (χ1v) is 5.19. The number of hydrogen-bond donors (Lipinski definition) is 2. The van der Waals surface area contributed by atoms with Gasteiger partial charge in [-0.1, -0.05) is 0 Å². The first-order chi connectivity index (χ1) is 7.49. The maximum Gasteiger partial charge on any atom is 0.227 e. The predicted molar refractivity (Wildman–Crippen MR) is 58.8 cm³/mol. The summed E-state index contributed by atoms with van der Waals surface area (Å²) in [5.41, 5.74) is 4.28. The van der Waals surface area contributed by atoms with Gasteiger partial charge in [0.25, 0.3) is 0 Å². The highest BCUT2D eigenvalue weighted by atomic mass is 19.1. The molecule has 1 saturated heterocycles. The van der Waals surface area contributed by atoms with E-state index < -0.39 is 11.8 Å². The Balaban J connectivity index is 2.14. The molecule has 0 saturated carbocycles. The largest absolute Gasteiger partial charge is 0.387 e. The Morgan fingerprint density at radius 3 is 3.06 bits per heavy atom. The molecule has 1 aromatic heterocycles. The van der Waals surface area contributed by atoms with Crippen LogP contribution in [0.5, 0.6) is 0 Å². The first kappa shape index (κ1) is 11.1. The van der Waals surface area contributed by atoms with Crippen molar-refractivity contribution in [1.82, 2.24) is 9.97 Å². The summed E-state index contributed by atoms with van der Waals surface area (Å²) in [5, 5.41) is 9.70. The number of rotatable bonds is 1. The number of aromatic nitrogens is 2. The van der Waals surface area contributed by atoms with Gasteiger partial charge in [-0.25, -0.2) is 9.37 Å². The molecule has 0 radical (unpaired) electrons. The van der Waals surface area contributed by atoms with E-state index in [1.165, 1.54) is 13.1 Å². The molecule has 1 aromatic rings. The second kappa shape index (κ2) is 3.86. The predicted octanol–water partition coefficient (Wildman–Crippen LogP) is 0.358. The molecule has 2 heterocycles. The second-order valence-electron chi connectivity index (χ2n) is 4.30. The van der Waals surface area contributed by atoms with Gasteiger partial charge in [-0.3, -0.25) is 0 Å². The summed E-state index contributed by atoms with van der Waals surface area (Å²) >= 11 is 0. The monoisotopic (exact) mass is 226 g/mol. The summed E-state index contributed by atoms with van der Waals surface area (Å²) in [7, 11) is 0. The summed E-state index contributed by atoms with van der Waals surface area (Å²) in [4.78, 5) is 9.75. The second-order valence-corrected chi connectivity index (χ2v) is 4.30. The number of halogens is 1. The van der Waals surface area contributed by atoms with Crippen molar-refractivity contribution in [3.63, 3.8) is 0 Å². The maximum atomic E-state index is 13.6. The molecular formula is C10H15FN4O. The highest BCUT2D eigenvalue weighted by Gasteiger charge is 2.38. The Morgan fingerprint density at radius 1 is 1.69 bits per heavy atom. The lowest BCUT2D eigenvalue weighted by atomic mass is 9.92. The van der Waals surface area contributed by atoms with E-state index in [2.05, 4.69) is 9.97 Å². The summed E-state index contributed by atoms with van der Waals surface area (Å²) in [6.07, 6.45) is 0.593. The topological polar surface area (TPSA) is 75.3 Å². The zero-order valence-electron chi connectivity index (χ0n) is 9.10. The van der Waals surface area contributed by atoms with Crippen molar-refractivity contribution in [1.29, 1.82) is 0 Å². The summed E-state index contributed by atoms with van der Waals surface area (Å²) < 4.78 is 13.6. The summed E-state index contributed by atoms with van der Waals surface area (Å²) in [6.45, 7) is 2.13. The van der Waals surface area contributed by atoms with Crippen LogP contribution in [0.3, 0.4) is 0 Å². The molecule has 2 rings (SSSR count). The van der Waals surface area contributed by atoms with E-state index in [1.54, 1.807) is 11.0 Å². The zero-order chi connectivity index (χ0) is 11.8. The quantitative estimate of drug-likeness (QED) is 0.723. The molecule has 3 N–H and O–H groups in total. The smallest absolute Gasteiger partial charge is 0.227 e. The van der Waals surface area contributed by atoms with Gasteiger partial charge in [0.15, 0.2) is 0 Å². The maximum absolute atomic E-state index is 13.6. The standard InChI is InChI=1S/C10H15FN4O/c1-10(16)3-5-15(6-7(10)11)9-13-4-2-8(12)14-9/h2,4,7,16H,3,5-6H2,1H3,(H2,12,13,14)/t7?,10-/m1/s1. The number of aliphatic hydroxyl groups is 1. The summed E-state index contributed by atoms with van der Waals surface area (Å²) in [6, 6.07) is 1.58. The molecular weight excluding hydrogens is 211 g/mol. The fourth-order valence-electron chi connectivity index (χ4n) is 1.70.